The Morgan fingerprint density at radius 3 is 1.20 bits per heavy atom. The molecule has 0 heterocycles. The first-order chi connectivity index (χ1) is 12.6. The van der Waals surface area contributed by atoms with Crippen molar-refractivity contribution in [2.45, 2.75) is 61.3 Å². The molecular formula is C26H31Cl3Ti. The molecule has 2 aromatic rings. The minimum Gasteiger partial charge on any atom is -1.00 e. The molecular weight excluding hydrogens is 467 g/mol. The molecule has 2 aromatic carbocycles. The Morgan fingerprint density at radius 2 is 0.933 bits per heavy atom. The predicted octanol–water partition coefficient (Wildman–Crippen LogP) is -1.76. The van der Waals surface area contributed by atoms with Gasteiger partial charge in [0, 0.05) is 0 Å². The molecule has 0 N–H and O–H groups in total. The molecule has 0 saturated heterocycles. The Kier molecular flexibility index (Phi) is 10.7. The second-order valence-electron chi connectivity index (χ2n) is 8.73. The second-order valence-corrected chi connectivity index (χ2v) is 9.51. The molecule has 1 aliphatic carbocycles. The van der Waals surface area contributed by atoms with Gasteiger partial charge >= 0.3 is 178 Å². The topological polar surface area (TPSA) is 0 Å². The predicted molar refractivity (Wildman–Crippen MR) is 113 cm³/mol. The van der Waals surface area contributed by atoms with E-state index in [9.17, 15) is 0 Å². The molecule has 0 amide bonds. The van der Waals surface area contributed by atoms with Crippen molar-refractivity contribution >= 4 is 0 Å². The van der Waals surface area contributed by atoms with Crippen LogP contribution in [-0.2, 0) is 20.4 Å². The summed E-state index contributed by atoms with van der Waals surface area (Å²) >= 11 is 2.34. The van der Waals surface area contributed by atoms with Gasteiger partial charge in [-0.25, -0.2) is 0 Å². The Bertz CT molecular complexity index is 870. The molecule has 4 heteroatoms. The largest absolute Gasteiger partial charge is 1.00 e. The molecule has 3 rings (SSSR count). The van der Waals surface area contributed by atoms with E-state index in [1.807, 2.05) is 0 Å². The zero-order valence-corrected chi connectivity index (χ0v) is 23.0. The zero-order valence-electron chi connectivity index (χ0n) is 19.2. The van der Waals surface area contributed by atoms with E-state index in [0.29, 0.717) is 5.92 Å². The average Bonchev–Trinajstić information content (AvgIpc) is 2.70. The third-order valence-electron chi connectivity index (χ3n) is 6.53. The van der Waals surface area contributed by atoms with Gasteiger partial charge in [-0.1, -0.05) is 0 Å². The molecule has 0 aliphatic heterocycles. The van der Waals surface area contributed by atoms with Crippen molar-refractivity contribution in [1.82, 2.24) is 0 Å². The van der Waals surface area contributed by atoms with Gasteiger partial charge in [-0.2, -0.15) is 0 Å². The molecule has 0 nitrogen and oxygen atoms in total. The molecule has 1 unspecified atom stereocenters. The van der Waals surface area contributed by atoms with Gasteiger partial charge in [0.1, 0.15) is 0 Å². The first kappa shape index (κ1) is 29.5. The maximum Gasteiger partial charge on any atom is -1.00 e. The van der Waals surface area contributed by atoms with Crippen LogP contribution in [-0.4, -0.2) is 0 Å². The molecule has 0 spiro atoms. The molecule has 1 atom stereocenters. The molecule has 1 aliphatic rings. The summed E-state index contributed by atoms with van der Waals surface area (Å²) in [5, 5.41) is 0. The summed E-state index contributed by atoms with van der Waals surface area (Å²) in [7, 11) is 0. The van der Waals surface area contributed by atoms with E-state index < -0.39 is 0 Å². The van der Waals surface area contributed by atoms with Gasteiger partial charge in [-0.05, 0) is 0 Å². The fourth-order valence-electron chi connectivity index (χ4n) is 5.01. The number of hydrogen-bond donors (Lipinski definition) is 0. The number of allylic oxidation sites excluding steroid dienone is 4. The third-order valence-corrected chi connectivity index (χ3v) is 7.93. The summed E-state index contributed by atoms with van der Waals surface area (Å²) in [6.07, 6.45) is 0. The molecule has 0 fully saturated rings. The van der Waals surface area contributed by atoms with Crippen LogP contribution in [0.1, 0.15) is 67.0 Å². The van der Waals surface area contributed by atoms with Gasteiger partial charge in [0.25, 0.3) is 0 Å². The summed E-state index contributed by atoms with van der Waals surface area (Å²) in [6, 6.07) is 14.1. The quantitative estimate of drug-likeness (QED) is 0.441. The molecule has 0 saturated carbocycles. The fraction of sp³-hybridized carbons (Fsp3) is 0.385. The van der Waals surface area contributed by atoms with Crippen LogP contribution in [0.5, 0.6) is 0 Å². The minimum absolute atomic E-state index is 0. The van der Waals surface area contributed by atoms with Crippen LogP contribution in [0.3, 0.4) is 0 Å². The van der Waals surface area contributed by atoms with E-state index in [0.717, 1.165) is 0 Å². The van der Waals surface area contributed by atoms with Gasteiger partial charge in [-0.3, -0.25) is 0 Å². The van der Waals surface area contributed by atoms with E-state index in [4.69, 9.17) is 0 Å². The number of aryl methyl sites for hydroxylation is 4. The van der Waals surface area contributed by atoms with Crippen molar-refractivity contribution in [1.29, 1.82) is 0 Å². The van der Waals surface area contributed by atoms with Crippen LogP contribution in [0.4, 0.5) is 0 Å². The fourth-order valence-corrected chi connectivity index (χ4v) is 5.82. The van der Waals surface area contributed by atoms with Crippen LogP contribution >= 0.6 is 0 Å². The van der Waals surface area contributed by atoms with Crippen molar-refractivity contribution in [3.63, 3.8) is 0 Å². The summed E-state index contributed by atoms with van der Waals surface area (Å²) < 4.78 is 1.51. The van der Waals surface area contributed by atoms with Crippen molar-refractivity contribution in [3.05, 3.63) is 90.4 Å². The minimum atomic E-state index is 0. The summed E-state index contributed by atoms with van der Waals surface area (Å²) in [5.74, 6) is 0.321. The summed E-state index contributed by atoms with van der Waals surface area (Å²) in [4.78, 5) is 0. The summed E-state index contributed by atoms with van der Waals surface area (Å²) in [5.41, 5.74) is 12.7. The third kappa shape index (κ3) is 5.11. The maximum atomic E-state index is 2.46. The smallest absolute Gasteiger partial charge is 1.00 e. The molecule has 160 valence electrons. The monoisotopic (exact) mass is 496 g/mol. The van der Waals surface area contributed by atoms with E-state index in [1.165, 1.54) is 54.0 Å². The molecule has 0 radical (unpaired) electrons. The Morgan fingerprint density at radius 1 is 0.600 bits per heavy atom. The van der Waals surface area contributed by atoms with Gasteiger partial charge < -0.3 is 37.2 Å². The first-order valence-electron chi connectivity index (χ1n) is 9.83. The summed E-state index contributed by atoms with van der Waals surface area (Å²) in [6.45, 7) is 18.2. The average molecular weight is 498 g/mol. The van der Waals surface area contributed by atoms with Crippen LogP contribution in [0, 0.1) is 33.1 Å². The second kappa shape index (κ2) is 10.9. The van der Waals surface area contributed by atoms with Crippen molar-refractivity contribution < 1.29 is 57.7 Å². The first-order valence-corrected chi connectivity index (χ1v) is 10.6. The zero-order chi connectivity index (χ0) is 20.1. The van der Waals surface area contributed by atoms with Crippen molar-refractivity contribution in [2.75, 3.05) is 0 Å². The molecule has 0 aromatic heterocycles. The van der Waals surface area contributed by atoms with Crippen LogP contribution < -0.4 is 37.2 Å². The van der Waals surface area contributed by atoms with Crippen LogP contribution in [0.2, 0.25) is 0 Å². The maximum absolute atomic E-state index is 2.46. The van der Waals surface area contributed by atoms with Crippen molar-refractivity contribution in [3.8, 4) is 0 Å². The number of hydrogen-bond acceptors (Lipinski definition) is 0. The Labute approximate surface area is 213 Å². The van der Waals surface area contributed by atoms with E-state index in [2.05, 4.69) is 112 Å². The van der Waals surface area contributed by atoms with Gasteiger partial charge in [0.15, 0.2) is 0 Å². The SMILES string of the molecule is CC1=C(C)C(C)(C(c2cc(C)cc(C)c2)c2cc(C)cc(C)c2)[C]([Ti+3])=C1C.[Cl-].[Cl-].[Cl-]. The Hall–Kier alpha value is -0.496. The van der Waals surface area contributed by atoms with Crippen LogP contribution in [0.25, 0.3) is 0 Å². The number of benzene rings is 2. The number of rotatable bonds is 3. The van der Waals surface area contributed by atoms with Gasteiger partial charge in [-0.15, -0.1) is 0 Å². The molecule has 30 heavy (non-hydrogen) atoms. The Balaban J connectivity index is 0.00000280. The van der Waals surface area contributed by atoms with E-state index >= 15 is 0 Å². The van der Waals surface area contributed by atoms with Gasteiger partial charge in [0.05, 0.1) is 0 Å². The standard InChI is InChI=1S/C26H31.3ClH.Ti/c1-16-9-17(2)12-23(11-16)25(24-13-18(3)10-19(4)14-24)26(8)15-20(5)21(6)22(26)7;;;;/h9-14,25H,1-8H3;3*1H;/q;;;;+3/p-3. The number of halogens is 3. The van der Waals surface area contributed by atoms with Crippen LogP contribution in [0.15, 0.2) is 57.0 Å². The normalized spacial score (nSPS) is 18.2. The molecule has 0 bridgehead atoms. The van der Waals surface area contributed by atoms with Gasteiger partial charge in [0.2, 0.25) is 0 Å². The van der Waals surface area contributed by atoms with E-state index in [1.54, 1.807) is 0 Å². The van der Waals surface area contributed by atoms with Crippen molar-refractivity contribution in [2.24, 2.45) is 5.41 Å². The van der Waals surface area contributed by atoms with E-state index in [-0.39, 0.29) is 42.6 Å².